The largest absolute Gasteiger partial charge is 0.383 e. The second kappa shape index (κ2) is 7.71. The van der Waals surface area contributed by atoms with E-state index in [1.54, 1.807) is 7.11 Å². The lowest BCUT2D eigenvalue weighted by Gasteiger charge is -2.06. The van der Waals surface area contributed by atoms with Gasteiger partial charge in [0.25, 0.3) is 5.56 Å². The van der Waals surface area contributed by atoms with Crippen molar-refractivity contribution in [2.24, 2.45) is 0 Å². The lowest BCUT2D eigenvalue weighted by molar-refractivity contribution is 0.199. The third kappa shape index (κ3) is 5.13. The van der Waals surface area contributed by atoms with Crippen LogP contribution in [0.15, 0.2) is 35.1 Å². The number of hydrogen-bond acceptors (Lipinski definition) is 4. The zero-order valence-corrected chi connectivity index (χ0v) is 12.5. The van der Waals surface area contributed by atoms with E-state index in [1.807, 2.05) is 0 Å². The third-order valence-electron chi connectivity index (χ3n) is 3.13. The average molecular weight is 287 g/mol. The van der Waals surface area contributed by atoms with Gasteiger partial charge in [-0.25, -0.2) is 4.98 Å². The van der Waals surface area contributed by atoms with Gasteiger partial charge >= 0.3 is 0 Å². The van der Waals surface area contributed by atoms with Gasteiger partial charge < -0.3 is 15.0 Å². The molecule has 0 bridgehead atoms. The third-order valence-corrected chi connectivity index (χ3v) is 3.13. The summed E-state index contributed by atoms with van der Waals surface area (Å²) in [5, 5.41) is 3.19. The number of H-pyrrole nitrogens is 1. The van der Waals surface area contributed by atoms with E-state index in [9.17, 15) is 4.79 Å². The Balaban J connectivity index is 2.04. The number of rotatable bonds is 7. The lowest BCUT2D eigenvalue weighted by Crippen LogP contribution is -2.22. The first-order valence-electron chi connectivity index (χ1n) is 7.01. The van der Waals surface area contributed by atoms with Gasteiger partial charge in [-0.1, -0.05) is 29.8 Å². The predicted octanol–water partition coefficient (Wildman–Crippen LogP) is 1.41. The Kier molecular flexibility index (Phi) is 5.66. The van der Waals surface area contributed by atoms with E-state index in [2.05, 4.69) is 46.5 Å². The van der Waals surface area contributed by atoms with Crippen molar-refractivity contribution in [1.29, 1.82) is 0 Å². The minimum atomic E-state index is -0.115. The Morgan fingerprint density at radius 1 is 1.29 bits per heavy atom. The van der Waals surface area contributed by atoms with Crippen molar-refractivity contribution in [2.45, 2.75) is 19.9 Å². The van der Waals surface area contributed by atoms with Crippen molar-refractivity contribution < 1.29 is 4.74 Å². The summed E-state index contributed by atoms with van der Waals surface area (Å²) in [6, 6.07) is 9.75. The van der Waals surface area contributed by atoms with Crippen molar-refractivity contribution in [3.05, 3.63) is 63.3 Å². The molecule has 0 spiro atoms. The second-order valence-corrected chi connectivity index (χ2v) is 5.02. The molecule has 0 radical (unpaired) electrons. The van der Waals surface area contributed by atoms with Crippen LogP contribution in [0.3, 0.4) is 0 Å². The molecule has 0 aliphatic heterocycles. The van der Waals surface area contributed by atoms with E-state index in [1.165, 1.54) is 11.6 Å². The number of nitrogens with zero attached hydrogens (tertiary/aromatic N) is 1. The standard InChI is InChI=1S/C16H21N3O2/c1-12-3-5-13(6-4-12)9-15-18-14(10-16(20)19-15)11-17-7-8-21-2/h3-6,10,17H,7-9,11H2,1-2H3,(H,18,19,20). The molecule has 5 heteroatoms. The molecule has 0 unspecified atom stereocenters. The van der Waals surface area contributed by atoms with Crippen LogP contribution in [0.5, 0.6) is 0 Å². The molecule has 5 nitrogen and oxygen atoms in total. The zero-order chi connectivity index (χ0) is 15.1. The van der Waals surface area contributed by atoms with E-state index >= 15 is 0 Å². The highest BCUT2D eigenvalue weighted by atomic mass is 16.5. The number of aryl methyl sites for hydroxylation is 1. The predicted molar refractivity (Wildman–Crippen MR) is 82.4 cm³/mol. The Morgan fingerprint density at radius 2 is 2.05 bits per heavy atom. The van der Waals surface area contributed by atoms with Gasteiger partial charge in [0.1, 0.15) is 5.82 Å². The smallest absolute Gasteiger partial charge is 0.251 e. The summed E-state index contributed by atoms with van der Waals surface area (Å²) in [6.07, 6.45) is 0.626. The van der Waals surface area contributed by atoms with Crippen LogP contribution in [0.1, 0.15) is 22.6 Å². The van der Waals surface area contributed by atoms with Crippen molar-refractivity contribution in [3.63, 3.8) is 0 Å². The molecule has 0 aliphatic carbocycles. The molecule has 1 heterocycles. The number of aromatic nitrogens is 2. The summed E-state index contributed by atoms with van der Waals surface area (Å²) in [7, 11) is 1.66. The molecule has 112 valence electrons. The topological polar surface area (TPSA) is 67.0 Å². The number of hydrogen-bond donors (Lipinski definition) is 2. The van der Waals surface area contributed by atoms with Gasteiger partial charge in [-0.2, -0.15) is 0 Å². The van der Waals surface area contributed by atoms with Gasteiger partial charge in [-0.05, 0) is 12.5 Å². The maximum atomic E-state index is 11.7. The maximum Gasteiger partial charge on any atom is 0.251 e. The molecule has 2 N–H and O–H groups in total. The number of methoxy groups -OCH3 is 1. The fourth-order valence-corrected chi connectivity index (χ4v) is 2.03. The second-order valence-electron chi connectivity index (χ2n) is 5.02. The summed E-state index contributed by atoms with van der Waals surface area (Å²) in [6.45, 7) is 3.99. The highest BCUT2D eigenvalue weighted by Crippen LogP contribution is 2.07. The fourth-order valence-electron chi connectivity index (χ4n) is 2.03. The molecular formula is C16H21N3O2. The van der Waals surface area contributed by atoms with Crippen molar-refractivity contribution in [1.82, 2.24) is 15.3 Å². The maximum absolute atomic E-state index is 11.7. The molecule has 2 rings (SSSR count). The first-order chi connectivity index (χ1) is 10.2. The van der Waals surface area contributed by atoms with Crippen LogP contribution in [-0.2, 0) is 17.7 Å². The van der Waals surface area contributed by atoms with E-state index < -0.39 is 0 Å². The molecule has 0 amide bonds. The first kappa shape index (κ1) is 15.4. The molecule has 1 aromatic heterocycles. The summed E-state index contributed by atoms with van der Waals surface area (Å²) in [4.78, 5) is 19.0. The fraction of sp³-hybridized carbons (Fsp3) is 0.375. The lowest BCUT2D eigenvalue weighted by atomic mass is 10.1. The molecule has 0 fully saturated rings. The van der Waals surface area contributed by atoms with Crippen LogP contribution >= 0.6 is 0 Å². The number of aromatic amines is 1. The molecule has 0 aliphatic rings. The van der Waals surface area contributed by atoms with Gasteiger partial charge in [0.05, 0.1) is 12.3 Å². The summed E-state index contributed by atoms with van der Waals surface area (Å²) in [5.41, 5.74) is 2.98. The Bertz CT molecular complexity index is 620. The van der Waals surface area contributed by atoms with Gasteiger partial charge in [0.15, 0.2) is 0 Å². The average Bonchev–Trinajstić information content (AvgIpc) is 2.46. The SMILES string of the molecule is COCCNCc1cc(=O)[nH]c(Cc2ccc(C)cc2)n1. The summed E-state index contributed by atoms with van der Waals surface area (Å²) < 4.78 is 4.97. The van der Waals surface area contributed by atoms with E-state index in [-0.39, 0.29) is 5.56 Å². The Morgan fingerprint density at radius 3 is 2.76 bits per heavy atom. The molecule has 21 heavy (non-hydrogen) atoms. The summed E-state index contributed by atoms with van der Waals surface area (Å²) in [5.74, 6) is 0.690. The van der Waals surface area contributed by atoms with Gasteiger partial charge in [0, 0.05) is 32.7 Å². The van der Waals surface area contributed by atoms with Crippen molar-refractivity contribution >= 4 is 0 Å². The van der Waals surface area contributed by atoms with Gasteiger partial charge in [-0.3, -0.25) is 4.79 Å². The molecule has 0 saturated carbocycles. The van der Waals surface area contributed by atoms with Crippen LogP contribution in [0.4, 0.5) is 0 Å². The van der Waals surface area contributed by atoms with E-state index in [0.717, 1.165) is 17.8 Å². The summed E-state index contributed by atoms with van der Waals surface area (Å²) >= 11 is 0. The first-order valence-corrected chi connectivity index (χ1v) is 7.01. The van der Waals surface area contributed by atoms with Gasteiger partial charge in [-0.15, -0.1) is 0 Å². The van der Waals surface area contributed by atoms with Crippen LogP contribution in [-0.4, -0.2) is 30.2 Å². The van der Waals surface area contributed by atoms with Crippen LogP contribution in [0, 0.1) is 6.92 Å². The minimum Gasteiger partial charge on any atom is -0.383 e. The minimum absolute atomic E-state index is 0.115. The normalized spacial score (nSPS) is 10.8. The Hall–Kier alpha value is -1.98. The quantitative estimate of drug-likeness (QED) is 0.756. The molecule has 2 aromatic rings. The van der Waals surface area contributed by atoms with Gasteiger partial charge in [0.2, 0.25) is 0 Å². The van der Waals surface area contributed by atoms with E-state index in [0.29, 0.717) is 25.4 Å². The number of benzene rings is 1. The van der Waals surface area contributed by atoms with E-state index in [4.69, 9.17) is 4.74 Å². The monoisotopic (exact) mass is 287 g/mol. The van der Waals surface area contributed by atoms with Crippen LogP contribution in [0.25, 0.3) is 0 Å². The molecule has 0 atom stereocenters. The zero-order valence-electron chi connectivity index (χ0n) is 12.5. The number of ether oxygens (including phenoxy) is 1. The molecule has 0 saturated heterocycles. The van der Waals surface area contributed by atoms with Crippen LogP contribution < -0.4 is 10.9 Å². The number of nitrogens with one attached hydrogen (secondary N) is 2. The Labute approximate surface area is 124 Å². The highest BCUT2D eigenvalue weighted by molar-refractivity contribution is 5.24. The molecular weight excluding hydrogens is 266 g/mol. The highest BCUT2D eigenvalue weighted by Gasteiger charge is 2.03. The molecule has 1 aromatic carbocycles. The van der Waals surface area contributed by atoms with Crippen LogP contribution in [0.2, 0.25) is 0 Å². The van der Waals surface area contributed by atoms with Crippen molar-refractivity contribution in [2.75, 3.05) is 20.3 Å². The van der Waals surface area contributed by atoms with Crippen molar-refractivity contribution in [3.8, 4) is 0 Å².